The van der Waals surface area contributed by atoms with Crippen LogP contribution in [0.5, 0.6) is 5.75 Å². The number of carbonyl (C=O) groups excluding carboxylic acids is 1. The molecule has 5 nitrogen and oxygen atoms in total. The van der Waals surface area contributed by atoms with Crippen LogP contribution >= 0.6 is 0 Å². The Morgan fingerprint density at radius 3 is 2.71 bits per heavy atom. The summed E-state index contributed by atoms with van der Waals surface area (Å²) in [6.07, 6.45) is 2.49. The van der Waals surface area contributed by atoms with Gasteiger partial charge in [-0.15, -0.1) is 0 Å². The molecule has 0 spiro atoms. The molecule has 0 aliphatic heterocycles. The zero-order valence-corrected chi connectivity index (χ0v) is 11.0. The molecule has 0 aromatic carbocycles. The van der Waals surface area contributed by atoms with E-state index in [9.17, 15) is 4.79 Å². The molecule has 1 rings (SSSR count). The van der Waals surface area contributed by atoms with Crippen molar-refractivity contribution < 1.29 is 9.53 Å². The summed E-state index contributed by atoms with van der Waals surface area (Å²) in [6, 6.07) is 0. The molecular weight excluding hydrogens is 218 g/mol. The molecule has 0 saturated carbocycles. The molecule has 17 heavy (non-hydrogen) atoms. The van der Waals surface area contributed by atoms with Gasteiger partial charge in [-0.25, -0.2) is 0 Å². The van der Waals surface area contributed by atoms with Crippen molar-refractivity contribution in [1.82, 2.24) is 9.78 Å². The van der Waals surface area contributed by atoms with Gasteiger partial charge in [0.25, 0.3) is 0 Å². The van der Waals surface area contributed by atoms with Crippen LogP contribution in [0.15, 0.2) is 6.20 Å². The fourth-order valence-corrected chi connectivity index (χ4v) is 1.54. The fraction of sp³-hybridized carbons (Fsp3) is 0.667. The second kappa shape index (κ2) is 5.31. The van der Waals surface area contributed by atoms with Crippen molar-refractivity contribution in [2.75, 3.05) is 13.7 Å². The molecule has 5 heteroatoms. The minimum Gasteiger partial charge on any atom is -0.493 e. The lowest BCUT2D eigenvalue weighted by atomic mass is 9.86. The van der Waals surface area contributed by atoms with Crippen LogP contribution in [-0.2, 0) is 6.54 Å². The number of nitrogens with two attached hydrogens (primary N) is 1. The van der Waals surface area contributed by atoms with Gasteiger partial charge in [0.15, 0.2) is 11.5 Å². The number of ketones is 1. The Morgan fingerprint density at radius 1 is 1.59 bits per heavy atom. The molecule has 1 aromatic heterocycles. The lowest BCUT2D eigenvalue weighted by Crippen LogP contribution is -2.34. The van der Waals surface area contributed by atoms with E-state index in [4.69, 9.17) is 10.5 Å². The molecule has 0 aliphatic rings. The van der Waals surface area contributed by atoms with Gasteiger partial charge in [-0.05, 0) is 6.42 Å². The number of aryl methyl sites for hydroxylation is 1. The number of Topliss-reactive ketones (excluding diaryl/α,β-unsaturated/α-hetero) is 1. The lowest BCUT2D eigenvalue weighted by molar-refractivity contribution is 0.0832. The van der Waals surface area contributed by atoms with Crippen LogP contribution in [0, 0.1) is 5.41 Å². The number of nitrogens with zero attached hydrogens (tertiary/aromatic N) is 2. The zero-order valence-electron chi connectivity index (χ0n) is 11.0. The van der Waals surface area contributed by atoms with Crippen LogP contribution in [0.2, 0.25) is 0 Å². The third-order valence-corrected chi connectivity index (χ3v) is 2.80. The second-order valence-corrected chi connectivity index (χ2v) is 4.70. The third kappa shape index (κ3) is 2.66. The average molecular weight is 239 g/mol. The first kappa shape index (κ1) is 13.7. The molecule has 2 N–H and O–H groups in total. The van der Waals surface area contributed by atoms with Crippen molar-refractivity contribution >= 4 is 5.78 Å². The van der Waals surface area contributed by atoms with Crippen LogP contribution in [0.1, 0.15) is 37.7 Å². The van der Waals surface area contributed by atoms with E-state index in [0.29, 0.717) is 24.5 Å². The quantitative estimate of drug-likeness (QED) is 0.763. The van der Waals surface area contributed by atoms with Crippen molar-refractivity contribution in [2.24, 2.45) is 11.1 Å². The Balaban J connectivity index is 3.18. The smallest absolute Gasteiger partial charge is 0.191 e. The minimum absolute atomic E-state index is 0.0252. The molecule has 96 valence electrons. The Labute approximate surface area is 102 Å². The van der Waals surface area contributed by atoms with Gasteiger partial charge >= 0.3 is 0 Å². The van der Waals surface area contributed by atoms with Gasteiger partial charge < -0.3 is 10.5 Å². The van der Waals surface area contributed by atoms with Crippen LogP contribution < -0.4 is 10.5 Å². The lowest BCUT2D eigenvalue weighted by Gasteiger charge is -2.21. The number of hydrogen-bond donors (Lipinski definition) is 1. The van der Waals surface area contributed by atoms with Gasteiger partial charge in [-0.3, -0.25) is 9.48 Å². The van der Waals surface area contributed by atoms with Gasteiger partial charge in [0.1, 0.15) is 5.69 Å². The van der Waals surface area contributed by atoms with Gasteiger partial charge in [0.05, 0.1) is 13.3 Å². The van der Waals surface area contributed by atoms with E-state index < -0.39 is 5.41 Å². The van der Waals surface area contributed by atoms with E-state index in [2.05, 4.69) is 5.10 Å². The molecule has 1 aromatic rings. The highest BCUT2D eigenvalue weighted by Gasteiger charge is 2.32. The highest BCUT2D eigenvalue weighted by atomic mass is 16.5. The number of methoxy groups -OCH3 is 1. The van der Waals surface area contributed by atoms with E-state index in [-0.39, 0.29) is 5.78 Å². The fourth-order valence-electron chi connectivity index (χ4n) is 1.54. The van der Waals surface area contributed by atoms with E-state index in [1.165, 1.54) is 0 Å². The summed E-state index contributed by atoms with van der Waals surface area (Å²) in [5.41, 5.74) is 5.56. The first-order valence-corrected chi connectivity index (χ1v) is 5.82. The van der Waals surface area contributed by atoms with Crippen molar-refractivity contribution in [1.29, 1.82) is 0 Å². The standard InChI is InChI=1S/C12H21N3O2/c1-5-6-15-10(9(17-4)7-14-15)11(16)12(2,3)8-13/h7H,5-6,8,13H2,1-4H3. The molecule has 0 saturated heterocycles. The maximum absolute atomic E-state index is 12.4. The summed E-state index contributed by atoms with van der Waals surface area (Å²) in [6.45, 7) is 6.70. The monoisotopic (exact) mass is 239 g/mol. The largest absolute Gasteiger partial charge is 0.493 e. The molecule has 0 aliphatic carbocycles. The number of hydrogen-bond acceptors (Lipinski definition) is 4. The van der Waals surface area contributed by atoms with Crippen LogP contribution in [0.3, 0.4) is 0 Å². The molecule has 1 heterocycles. The SMILES string of the molecule is CCCn1ncc(OC)c1C(=O)C(C)(C)CN. The molecule has 0 radical (unpaired) electrons. The van der Waals surface area contributed by atoms with Crippen molar-refractivity contribution in [3.63, 3.8) is 0 Å². The average Bonchev–Trinajstić information content (AvgIpc) is 2.71. The van der Waals surface area contributed by atoms with Gasteiger partial charge in [-0.2, -0.15) is 5.10 Å². The highest BCUT2D eigenvalue weighted by molar-refractivity contribution is 6.01. The predicted molar refractivity (Wildman–Crippen MR) is 66.2 cm³/mol. The van der Waals surface area contributed by atoms with Gasteiger partial charge in [0.2, 0.25) is 0 Å². The van der Waals surface area contributed by atoms with Gasteiger partial charge in [-0.1, -0.05) is 20.8 Å². The summed E-state index contributed by atoms with van der Waals surface area (Å²) in [7, 11) is 1.54. The zero-order chi connectivity index (χ0) is 13.1. The Kier molecular flexibility index (Phi) is 4.28. The molecule has 0 bridgehead atoms. The topological polar surface area (TPSA) is 70.1 Å². The van der Waals surface area contributed by atoms with Crippen molar-refractivity contribution in [3.05, 3.63) is 11.9 Å². The summed E-state index contributed by atoms with van der Waals surface area (Å²) < 4.78 is 6.88. The van der Waals surface area contributed by atoms with E-state index >= 15 is 0 Å². The molecule has 0 fully saturated rings. The van der Waals surface area contributed by atoms with Crippen molar-refractivity contribution in [2.45, 2.75) is 33.7 Å². The Bertz CT molecular complexity index is 396. The summed E-state index contributed by atoms with van der Waals surface area (Å²) in [4.78, 5) is 12.4. The van der Waals surface area contributed by atoms with E-state index in [1.54, 1.807) is 18.0 Å². The summed E-state index contributed by atoms with van der Waals surface area (Å²) in [5.74, 6) is 0.493. The highest BCUT2D eigenvalue weighted by Crippen LogP contribution is 2.27. The van der Waals surface area contributed by atoms with Crippen LogP contribution in [-0.4, -0.2) is 29.2 Å². The number of ether oxygens (including phenoxy) is 1. The first-order valence-electron chi connectivity index (χ1n) is 5.82. The van der Waals surface area contributed by atoms with Gasteiger partial charge in [0, 0.05) is 18.5 Å². The molecule has 0 unspecified atom stereocenters. The maximum atomic E-state index is 12.4. The summed E-state index contributed by atoms with van der Waals surface area (Å²) >= 11 is 0. The van der Waals surface area contributed by atoms with E-state index in [0.717, 1.165) is 6.42 Å². The normalized spacial score (nSPS) is 11.6. The Hall–Kier alpha value is -1.36. The summed E-state index contributed by atoms with van der Waals surface area (Å²) in [5, 5.41) is 4.18. The van der Waals surface area contributed by atoms with Crippen LogP contribution in [0.25, 0.3) is 0 Å². The first-order chi connectivity index (χ1) is 7.97. The molecule has 0 amide bonds. The number of rotatable bonds is 6. The molecular formula is C12H21N3O2. The predicted octanol–water partition coefficient (Wildman–Crippen LogP) is 1.47. The van der Waals surface area contributed by atoms with Crippen molar-refractivity contribution in [3.8, 4) is 5.75 Å². The maximum Gasteiger partial charge on any atom is 0.191 e. The van der Waals surface area contributed by atoms with Crippen LogP contribution in [0.4, 0.5) is 0 Å². The van der Waals surface area contributed by atoms with E-state index in [1.807, 2.05) is 20.8 Å². The third-order valence-electron chi connectivity index (χ3n) is 2.80. The number of aromatic nitrogens is 2. The number of carbonyl (C=O) groups is 1. The minimum atomic E-state index is -0.598. The molecule has 0 atom stereocenters. The Morgan fingerprint density at radius 2 is 2.24 bits per heavy atom. The second-order valence-electron chi connectivity index (χ2n) is 4.70.